The van der Waals surface area contributed by atoms with Gasteiger partial charge in [-0.05, 0) is 35.4 Å². The van der Waals surface area contributed by atoms with E-state index >= 15 is 0 Å². The highest BCUT2D eigenvalue weighted by Gasteiger charge is 2.16. The van der Waals surface area contributed by atoms with Gasteiger partial charge in [-0.3, -0.25) is 0 Å². The van der Waals surface area contributed by atoms with Crippen LogP contribution < -0.4 is 4.74 Å². The first kappa shape index (κ1) is 11.9. The zero-order chi connectivity index (χ0) is 13.4. The Balaban J connectivity index is 2.06. The fourth-order valence-electron chi connectivity index (χ4n) is 2.05. The summed E-state index contributed by atoms with van der Waals surface area (Å²) in [5, 5.41) is 19.2. The molecule has 1 aliphatic rings. The van der Waals surface area contributed by atoms with Crippen molar-refractivity contribution < 1.29 is 14.9 Å². The molecular weight excluding hydrogens is 264 g/mol. The minimum absolute atomic E-state index is 0.0882. The van der Waals surface area contributed by atoms with Gasteiger partial charge in [-0.15, -0.1) is 0 Å². The summed E-state index contributed by atoms with van der Waals surface area (Å²) < 4.78 is 5.61. The van der Waals surface area contributed by atoms with E-state index in [1.807, 2.05) is 18.2 Å². The number of fused-ring (bicyclic) bond motifs is 1. The standard InChI is InChI=1S/C15H11ClO3/c16-14-6-12(18)7-15-13(14)5-10(8-19-15)9-1-3-11(17)4-2-9/h1-7,17-18H,8H2. The fourth-order valence-corrected chi connectivity index (χ4v) is 2.31. The third-order valence-corrected chi connectivity index (χ3v) is 3.33. The van der Waals surface area contributed by atoms with E-state index in [2.05, 4.69) is 0 Å². The molecule has 96 valence electrons. The van der Waals surface area contributed by atoms with Gasteiger partial charge in [-0.1, -0.05) is 23.7 Å². The van der Waals surface area contributed by atoms with Crippen LogP contribution in [-0.4, -0.2) is 16.8 Å². The Morgan fingerprint density at radius 3 is 2.47 bits per heavy atom. The van der Waals surface area contributed by atoms with Crippen LogP contribution in [0.25, 0.3) is 11.6 Å². The lowest BCUT2D eigenvalue weighted by molar-refractivity contribution is 0.362. The lowest BCUT2D eigenvalue weighted by atomic mass is 10.0. The van der Waals surface area contributed by atoms with E-state index in [9.17, 15) is 10.2 Å². The Bertz CT molecular complexity index is 660. The molecule has 0 fully saturated rings. The lowest BCUT2D eigenvalue weighted by Crippen LogP contribution is -2.06. The molecular formula is C15H11ClO3. The number of hydrogen-bond donors (Lipinski definition) is 2. The molecule has 0 aromatic heterocycles. The number of halogens is 1. The molecule has 4 heteroatoms. The van der Waals surface area contributed by atoms with Crippen molar-refractivity contribution in [3.63, 3.8) is 0 Å². The summed E-state index contributed by atoms with van der Waals surface area (Å²) in [5.74, 6) is 0.891. The zero-order valence-electron chi connectivity index (χ0n) is 9.93. The minimum Gasteiger partial charge on any atom is -0.508 e. The number of hydrogen-bond acceptors (Lipinski definition) is 3. The Kier molecular flexibility index (Phi) is 2.84. The Labute approximate surface area is 115 Å². The van der Waals surface area contributed by atoms with E-state index in [-0.39, 0.29) is 11.5 Å². The molecule has 0 amide bonds. The van der Waals surface area contributed by atoms with Crippen molar-refractivity contribution in [3.8, 4) is 17.2 Å². The third-order valence-electron chi connectivity index (χ3n) is 3.02. The zero-order valence-corrected chi connectivity index (χ0v) is 10.7. The van der Waals surface area contributed by atoms with Crippen molar-refractivity contribution in [1.82, 2.24) is 0 Å². The molecule has 2 aromatic rings. The summed E-state index contributed by atoms with van der Waals surface area (Å²) >= 11 is 6.10. The van der Waals surface area contributed by atoms with Crippen molar-refractivity contribution >= 4 is 23.3 Å². The van der Waals surface area contributed by atoms with Crippen LogP contribution in [0.4, 0.5) is 0 Å². The van der Waals surface area contributed by atoms with E-state index in [1.165, 1.54) is 6.07 Å². The quantitative estimate of drug-likeness (QED) is 0.834. The SMILES string of the molecule is Oc1ccc(C2=Cc3c(Cl)cc(O)cc3OC2)cc1. The maximum atomic E-state index is 9.47. The van der Waals surface area contributed by atoms with E-state index in [0.717, 1.165) is 16.7 Å². The van der Waals surface area contributed by atoms with Crippen molar-refractivity contribution in [2.45, 2.75) is 0 Å². The molecule has 1 aliphatic heterocycles. The van der Waals surface area contributed by atoms with Crippen LogP contribution in [-0.2, 0) is 0 Å². The number of phenols is 2. The van der Waals surface area contributed by atoms with Crippen LogP contribution in [0.2, 0.25) is 5.02 Å². The maximum Gasteiger partial charge on any atom is 0.132 e. The van der Waals surface area contributed by atoms with E-state index < -0.39 is 0 Å². The largest absolute Gasteiger partial charge is 0.508 e. The number of benzene rings is 2. The highest BCUT2D eigenvalue weighted by molar-refractivity contribution is 6.32. The van der Waals surface area contributed by atoms with Crippen molar-refractivity contribution in [3.05, 3.63) is 52.5 Å². The van der Waals surface area contributed by atoms with E-state index in [0.29, 0.717) is 17.4 Å². The van der Waals surface area contributed by atoms with Gasteiger partial charge in [0.25, 0.3) is 0 Å². The molecule has 19 heavy (non-hydrogen) atoms. The minimum atomic E-state index is 0.0882. The molecule has 2 aromatic carbocycles. The van der Waals surface area contributed by atoms with Crippen LogP contribution in [0.3, 0.4) is 0 Å². The highest BCUT2D eigenvalue weighted by atomic mass is 35.5. The maximum absolute atomic E-state index is 9.47. The number of phenolic OH excluding ortho intramolecular Hbond substituents is 2. The average Bonchev–Trinajstić information content (AvgIpc) is 2.39. The molecule has 3 nitrogen and oxygen atoms in total. The first-order valence-corrected chi connectivity index (χ1v) is 6.16. The molecule has 0 saturated carbocycles. The van der Waals surface area contributed by atoms with Gasteiger partial charge >= 0.3 is 0 Å². The highest BCUT2D eigenvalue weighted by Crippen LogP contribution is 2.38. The monoisotopic (exact) mass is 274 g/mol. The molecule has 0 saturated heterocycles. The first-order chi connectivity index (χ1) is 9.13. The molecule has 0 radical (unpaired) electrons. The number of aromatic hydroxyl groups is 2. The number of rotatable bonds is 1. The summed E-state index contributed by atoms with van der Waals surface area (Å²) in [6, 6.07) is 9.94. The molecule has 0 bridgehead atoms. The second kappa shape index (κ2) is 4.52. The van der Waals surface area contributed by atoms with Gasteiger partial charge in [0.15, 0.2) is 0 Å². The number of ether oxygens (including phenoxy) is 1. The van der Waals surface area contributed by atoms with Crippen LogP contribution in [0.5, 0.6) is 17.2 Å². The van der Waals surface area contributed by atoms with Crippen LogP contribution in [0, 0.1) is 0 Å². The summed E-state index contributed by atoms with van der Waals surface area (Å²) in [6.07, 6.45) is 1.94. The van der Waals surface area contributed by atoms with Crippen molar-refractivity contribution in [2.24, 2.45) is 0 Å². The lowest BCUT2D eigenvalue weighted by Gasteiger charge is -2.19. The molecule has 0 unspecified atom stereocenters. The summed E-state index contributed by atoms with van der Waals surface area (Å²) in [4.78, 5) is 0. The van der Waals surface area contributed by atoms with Gasteiger partial charge in [0.2, 0.25) is 0 Å². The van der Waals surface area contributed by atoms with Crippen LogP contribution >= 0.6 is 11.6 Å². The van der Waals surface area contributed by atoms with Crippen LogP contribution in [0.15, 0.2) is 36.4 Å². The normalized spacial score (nSPS) is 13.4. The van der Waals surface area contributed by atoms with Gasteiger partial charge in [-0.25, -0.2) is 0 Å². The molecule has 0 spiro atoms. The van der Waals surface area contributed by atoms with Crippen LogP contribution in [0.1, 0.15) is 11.1 Å². The van der Waals surface area contributed by atoms with Gasteiger partial charge < -0.3 is 14.9 Å². The molecule has 0 atom stereocenters. The summed E-state index contributed by atoms with van der Waals surface area (Å²) in [6.45, 7) is 0.400. The summed E-state index contributed by atoms with van der Waals surface area (Å²) in [5.41, 5.74) is 2.70. The first-order valence-electron chi connectivity index (χ1n) is 5.79. The Morgan fingerprint density at radius 1 is 1.00 bits per heavy atom. The average molecular weight is 275 g/mol. The van der Waals surface area contributed by atoms with Gasteiger partial charge in [0.1, 0.15) is 23.9 Å². The second-order valence-electron chi connectivity index (χ2n) is 4.34. The van der Waals surface area contributed by atoms with Gasteiger partial charge in [-0.2, -0.15) is 0 Å². The molecule has 1 heterocycles. The van der Waals surface area contributed by atoms with Gasteiger partial charge in [0.05, 0.1) is 5.02 Å². The Morgan fingerprint density at radius 2 is 1.74 bits per heavy atom. The van der Waals surface area contributed by atoms with E-state index in [1.54, 1.807) is 18.2 Å². The molecule has 3 rings (SSSR count). The van der Waals surface area contributed by atoms with Crippen molar-refractivity contribution in [2.75, 3.05) is 6.61 Å². The second-order valence-corrected chi connectivity index (χ2v) is 4.75. The van der Waals surface area contributed by atoms with Crippen molar-refractivity contribution in [1.29, 1.82) is 0 Å². The van der Waals surface area contributed by atoms with E-state index in [4.69, 9.17) is 16.3 Å². The fraction of sp³-hybridized carbons (Fsp3) is 0.0667. The topological polar surface area (TPSA) is 49.7 Å². The van der Waals surface area contributed by atoms with Gasteiger partial charge in [0, 0.05) is 11.6 Å². The smallest absolute Gasteiger partial charge is 0.132 e. The molecule has 0 aliphatic carbocycles. The molecule has 2 N–H and O–H groups in total. The Hall–Kier alpha value is -2.13. The summed E-state index contributed by atoms with van der Waals surface area (Å²) in [7, 11) is 0. The third kappa shape index (κ3) is 2.25. The predicted octanol–water partition coefficient (Wildman–Crippen LogP) is 3.68. The predicted molar refractivity (Wildman–Crippen MR) is 74.6 cm³/mol.